The van der Waals surface area contributed by atoms with E-state index >= 15 is 0 Å². The van der Waals surface area contributed by atoms with Gasteiger partial charge in [-0.1, -0.05) is 67.4 Å². The van der Waals surface area contributed by atoms with Gasteiger partial charge in [-0.3, -0.25) is 4.79 Å². The first-order valence-corrected chi connectivity index (χ1v) is 10.6. The predicted octanol–water partition coefficient (Wildman–Crippen LogP) is 5.76. The minimum atomic E-state index is -0.133. The van der Waals surface area contributed by atoms with Crippen LogP contribution in [-0.2, 0) is 4.79 Å². The van der Waals surface area contributed by atoms with Gasteiger partial charge in [0, 0.05) is 0 Å². The summed E-state index contributed by atoms with van der Waals surface area (Å²) in [4.78, 5) is 22.8. The molecule has 0 aliphatic heterocycles. The highest BCUT2D eigenvalue weighted by molar-refractivity contribution is 9.10. The summed E-state index contributed by atoms with van der Waals surface area (Å²) in [6.45, 7) is 0. The van der Waals surface area contributed by atoms with Gasteiger partial charge in [0.2, 0.25) is 5.91 Å². The van der Waals surface area contributed by atoms with Crippen molar-refractivity contribution in [1.82, 2.24) is 9.97 Å². The summed E-state index contributed by atoms with van der Waals surface area (Å²) in [5.41, 5.74) is 1.89. The molecule has 1 atom stereocenters. The minimum Gasteiger partial charge on any atom is -0.301 e. The molecule has 0 radical (unpaired) electrons. The van der Waals surface area contributed by atoms with E-state index < -0.39 is 0 Å². The Kier molecular flexibility index (Phi) is 5.31. The fraction of sp³-hybridized carbons (Fsp3) is 0.350. The largest absolute Gasteiger partial charge is 0.301 e. The molecule has 26 heavy (non-hydrogen) atoms. The molecule has 1 aromatic carbocycles. The molecule has 4 nitrogen and oxygen atoms in total. The molecule has 2 heterocycles. The average Bonchev–Trinajstić information content (AvgIpc) is 3.29. The monoisotopic (exact) mass is 429 g/mol. The Balaban J connectivity index is 1.56. The second-order valence-corrected chi connectivity index (χ2v) is 8.61. The van der Waals surface area contributed by atoms with E-state index in [1.807, 2.05) is 30.3 Å². The number of halogens is 1. The number of anilines is 1. The Morgan fingerprint density at radius 2 is 1.92 bits per heavy atom. The summed E-state index contributed by atoms with van der Waals surface area (Å²) in [7, 11) is 0. The lowest BCUT2D eigenvalue weighted by atomic mass is 9.87. The van der Waals surface area contributed by atoms with Crippen molar-refractivity contribution in [2.24, 2.45) is 5.92 Å². The van der Waals surface area contributed by atoms with Gasteiger partial charge in [0.1, 0.15) is 15.0 Å². The molecule has 1 N–H and O–H groups in total. The fourth-order valence-electron chi connectivity index (χ4n) is 3.70. The quantitative estimate of drug-likeness (QED) is 0.524. The number of amides is 1. The number of nitrogens with zero attached hydrogens (tertiary/aromatic N) is 2. The Morgan fingerprint density at radius 1 is 1.15 bits per heavy atom. The number of rotatable bonds is 5. The molecule has 1 aliphatic carbocycles. The molecule has 134 valence electrons. The van der Waals surface area contributed by atoms with Gasteiger partial charge in [-0.25, -0.2) is 9.97 Å². The molecule has 1 fully saturated rings. The van der Waals surface area contributed by atoms with Crippen molar-refractivity contribution in [3.05, 3.63) is 52.6 Å². The van der Waals surface area contributed by atoms with Crippen molar-refractivity contribution in [1.29, 1.82) is 0 Å². The van der Waals surface area contributed by atoms with Gasteiger partial charge in [0.15, 0.2) is 5.13 Å². The highest BCUT2D eigenvalue weighted by Crippen LogP contribution is 2.35. The molecule has 1 aliphatic rings. The molecule has 0 spiro atoms. The van der Waals surface area contributed by atoms with Crippen LogP contribution in [0.15, 0.2) is 47.1 Å². The maximum Gasteiger partial charge on any atom is 0.233 e. The van der Waals surface area contributed by atoms with E-state index in [9.17, 15) is 4.79 Å². The molecule has 4 rings (SSSR count). The minimum absolute atomic E-state index is 0.0289. The van der Waals surface area contributed by atoms with Crippen LogP contribution in [0, 0.1) is 5.92 Å². The second-order valence-electron chi connectivity index (χ2n) is 6.82. The lowest BCUT2D eigenvalue weighted by Crippen LogP contribution is -2.23. The van der Waals surface area contributed by atoms with Gasteiger partial charge >= 0.3 is 0 Å². The summed E-state index contributed by atoms with van der Waals surface area (Å²) >= 11 is 4.79. The molecule has 1 saturated carbocycles. The van der Waals surface area contributed by atoms with Gasteiger partial charge in [-0.2, -0.15) is 0 Å². The molecular weight excluding hydrogens is 410 g/mol. The van der Waals surface area contributed by atoms with E-state index in [0.717, 1.165) is 26.9 Å². The van der Waals surface area contributed by atoms with E-state index in [1.54, 1.807) is 0 Å². The van der Waals surface area contributed by atoms with Crippen molar-refractivity contribution in [3.63, 3.8) is 0 Å². The van der Waals surface area contributed by atoms with Crippen LogP contribution in [0.25, 0.3) is 10.3 Å². The van der Waals surface area contributed by atoms with E-state index in [-0.39, 0.29) is 11.8 Å². The summed E-state index contributed by atoms with van der Waals surface area (Å²) in [6, 6.07) is 13.9. The van der Waals surface area contributed by atoms with E-state index in [4.69, 9.17) is 0 Å². The number of thiazole rings is 1. The smallest absolute Gasteiger partial charge is 0.233 e. The van der Waals surface area contributed by atoms with Gasteiger partial charge in [0.05, 0.1) is 5.92 Å². The normalized spacial score (nSPS) is 16.0. The van der Waals surface area contributed by atoms with E-state index in [0.29, 0.717) is 11.0 Å². The number of hydrogen-bond acceptors (Lipinski definition) is 4. The van der Waals surface area contributed by atoms with Crippen LogP contribution in [0.5, 0.6) is 0 Å². The van der Waals surface area contributed by atoms with Crippen molar-refractivity contribution in [2.45, 2.75) is 38.0 Å². The zero-order chi connectivity index (χ0) is 17.9. The molecule has 0 bridgehead atoms. The van der Waals surface area contributed by atoms with Crippen LogP contribution in [0.2, 0.25) is 0 Å². The Hall–Kier alpha value is -1.79. The van der Waals surface area contributed by atoms with Gasteiger partial charge in [-0.05, 0) is 46.0 Å². The summed E-state index contributed by atoms with van der Waals surface area (Å²) in [5.74, 6) is 0.533. The Morgan fingerprint density at radius 3 is 2.69 bits per heavy atom. The second kappa shape index (κ2) is 7.84. The van der Waals surface area contributed by atoms with Gasteiger partial charge < -0.3 is 5.32 Å². The topological polar surface area (TPSA) is 54.9 Å². The van der Waals surface area contributed by atoms with E-state index in [1.165, 1.54) is 37.0 Å². The molecule has 2 aromatic heterocycles. The third-order valence-corrected chi connectivity index (χ3v) is 6.34. The van der Waals surface area contributed by atoms with Crippen LogP contribution in [0.1, 0.15) is 43.6 Å². The lowest BCUT2D eigenvalue weighted by Gasteiger charge is -2.20. The number of hydrogen-bond donors (Lipinski definition) is 1. The summed E-state index contributed by atoms with van der Waals surface area (Å²) < 4.78 is 0.773. The van der Waals surface area contributed by atoms with Crippen LogP contribution >= 0.6 is 27.3 Å². The molecule has 0 saturated heterocycles. The molecular formula is C20H20BrN3OS. The standard InChI is InChI=1S/C20H20BrN3OS/c21-17-11-10-16-19(23-17)26-20(22-16)24-18(25)15(12-13-6-4-5-7-13)14-8-2-1-3-9-14/h1-3,8-11,13,15H,4-7,12H2,(H,22,24,25). The number of fused-ring (bicyclic) bond motifs is 1. The third kappa shape index (κ3) is 3.96. The van der Waals surface area contributed by atoms with Crippen molar-refractivity contribution >= 4 is 48.7 Å². The predicted molar refractivity (Wildman–Crippen MR) is 110 cm³/mol. The van der Waals surface area contributed by atoms with Crippen LogP contribution in [-0.4, -0.2) is 15.9 Å². The first-order chi connectivity index (χ1) is 12.7. The number of carbonyl (C=O) groups excluding carboxylic acids is 1. The first kappa shape index (κ1) is 17.6. The Labute approximate surface area is 165 Å². The number of pyridine rings is 1. The SMILES string of the molecule is O=C(Nc1nc2ccc(Br)nc2s1)C(CC1CCCC1)c1ccccc1. The summed E-state index contributed by atoms with van der Waals surface area (Å²) in [5, 5.41) is 3.65. The van der Waals surface area contributed by atoms with Crippen molar-refractivity contribution in [2.75, 3.05) is 5.32 Å². The van der Waals surface area contributed by atoms with Crippen LogP contribution in [0.3, 0.4) is 0 Å². The highest BCUT2D eigenvalue weighted by atomic mass is 79.9. The van der Waals surface area contributed by atoms with Crippen LogP contribution in [0.4, 0.5) is 5.13 Å². The van der Waals surface area contributed by atoms with Crippen molar-refractivity contribution < 1.29 is 4.79 Å². The zero-order valence-electron chi connectivity index (χ0n) is 14.3. The molecule has 6 heteroatoms. The number of benzene rings is 1. The van der Waals surface area contributed by atoms with E-state index in [2.05, 4.69) is 43.3 Å². The van der Waals surface area contributed by atoms with Crippen molar-refractivity contribution in [3.8, 4) is 0 Å². The Bertz CT molecular complexity index is 906. The number of carbonyl (C=O) groups is 1. The summed E-state index contributed by atoms with van der Waals surface area (Å²) in [6.07, 6.45) is 5.94. The van der Waals surface area contributed by atoms with Gasteiger partial charge in [0.25, 0.3) is 0 Å². The molecule has 3 aromatic rings. The lowest BCUT2D eigenvalue weighted by molar-refractivity contribution is -0.118. The van der Waals surface area contributed by atoms with Crippen LogP contribution < -0.4 is 5.32 Å². The first-order valence-electron chi connectivity index (χ1n) is 8.98. The maximum absolute atomic E-state index is 13.1. The average molecular weight is 430 g/mol. The zero-order valence-corrected chi connectivity index (χ0v) is 16.7. The fourth-order valence-corrected chi connectivity index (χ4v) is 4.97. The highest BCUT2D eigenvalue weighted by Gasteiger charge is 2.27. The third-order valence-electron chi connectivity index (χ3n) is 5.01. The molecule has 1 unspecified atom stereocenters. The maximum atomic E-state index is 13.1. The number of nitrogens with one attached hydrogen (secondary N) is 1. The molecule has 1 amide bonds. The number of aromatic nitrogens is 2. The van der Waals surface area contributed by atoms with Gasteiger partial charge in [-0.15, -0.1) is 0 Å².